The van der Waals surface area contributed by atoms with Crippen molar-refractivity contribution in [2.75, 3.05) is 0 Å². The quantitative estimate of drug-likeness (QED) is 0.613. The van der Waals surface area contributed by atoms with Crippen molar-refractivity contribution in [3.05, 3.63) is 30.5 Å². The Hall–Kier alpha value is -0.670. The van der Waals surface area contributed by atoms with Gasteiger partial charge in [-0.15, -0.1) is 25.3 Å². The van der Waals surface area contributed by atoms with E-state index in [-0.39, 0.29) is 0 Å². The van der Waals surface area contributed by atoms with Crippen LogP contribution in [0.25, 0.3) is 10.9 Å². The van der Waals surface area contributed by atoms with E-state index in [0.717, 1.165) is 20.7 Å². The molecule has 1 aromatic carbocycles. The number of rotatable bonds is 0. The molecule has 0 unspecified atom stereocenters. The number of aromatic nitrogens is 1. The Labute approximate surface area is 81.6 Å². The molecule has 0 N–H and O–H groups in total. The summed E-state index contributed by atoms with van der Waals surface area (Å²) < 4.78 is 0. The van der Waals surface area contributed by atoms with Crippen LogP contribution in [0, 0.1) is 0 Å². The highest BCUT2D eigenvalue weighted by molar-refractivity contribution is 7.80. The van der Waals surface area contributed by atoms with E-state index < -0.39 is 0 Å². The highest BCUT2D eigenvalue weighted by atomic mass is 32.1. The molecule has 2 rings (SSSR count). The van der Waals surface area contributed by atoms with Gasteiger partial charge in [-0.2, -0.15) is 0 Å². The molecular formula is C9H7NS2. The van der Waals surface area contributed by atoms with Crippen LogP contribution >= 0.6 is 25.3 Å². The molecule has 3 heteroatoms. The van der Waals surface area contributed by atoms with E-state index in [2.05, 4.69) is 30.2 Å². The predicted molar refractivity (Wildman–Crippen MR) is 56.2 cm³/mol. The zero-order valence-electron chi connectivity index (χ0n) is 6.23. The van der Waals surface area contributed by atoms with Crippen LogP contribution in [0.4, 0.5) is 0 Å². The lowest BCUT2D eigenvalue weighted by molar-refractivity contribution is 1.30. The number of fused-ring (bicyclic) bond motifs is 1. The first-order valence-corrected chi connectivity index (χ1v) is 4.43. The van der Waals surface area contributed by atoms with Gasteiger partial charge in [0, 0.05) is 21.4 Å². The largest absolute Gasteiger partial charge is 0.255 e. The first-order valence-electron chi connectivity index (χ1n) is 3.53. The van der Waals surface area contributed by atoms with Crippen molar-refractivity contribution in [2.24, 2.45) is 0 Å². The molecule has 2 aromatic rings. The maximum Gasteiger partial charge on any atom is 0.0703 e. The summed E-state index contributed by atoms with van der Waals surface area (Å²) in [5.41, 5.74) is 0.977. The van der Waals surface area contributed by atoms with E-state index in [9.17, 15) is 0 Å². The molecule has 1 heterocycles. The van der Waals surface area contributed by atoms with Crippen LogP contribution in [0.1, 0.15) is 0 Å². The van der Waals surface area contributed by atoms with Crippen molar-refractivity contribution in [2.45, 2.75) is 9.79 Å². The molecule has 0 fully saturated rings. The van der Waals surface area contributed by atoms with Gasteiger partial charge in [0.05, 0.1) is 5.52 Å². The molecule has 0 saturated carbocycles. The van der Waals surface area contributed by atoms with Crippen LogP contribution in [0.15, 0.2) is 40.3 Å². The molecule has 0 bridgehead atoms. The van der Waals surface area contributed by atoms with Crippen LogP contribution in [0.2, 0.25) is 0 Å². The lowest BCUT2D eigenvalue weighted by atomic mass is 10.2. The van der Waals surface area contributed by atoms with Crippen molar-refractivity contribution in [1.82, 2.24) is 4.98 Å². The summed E-state index contributed by atoms with van der Waals surface area (Å²) in [6, 6.07) is 7.83. The normalized spacial score (nSPS) is 10.5. The fraction of sp³-hybridized carbons (Fsp3) is 0. The van der Waals surface area contributed by atoms with E-state index >= 15 is 0 Å². The zero-order chi connectivity index (χ0) is 8.55. The molecule has 0 spiro atoms. The first-order chi connectivity index (χ1) is 5.75. The van der Waals surface area contributed by atoms with Crippen molar-refractivity contribution < 1.29 is 0 Å². The van der Waals surface area contributed by atoms with Gasteiger partial charge in [-0.25, -0.2) is 0 Å². The molecule has 12 heavy (non-hydrogen) atoms. The summed E-state index contributed by atoms with van der Waals surface area (Å²) in [7, 11) is 0. The van der Waals surface area contributed by atoms with Gasteiger partial charge in [-0.05, 0) is 24.3 Å². The Morgan fingerprint density at radius 2 is 1.75 bits per heavy atom. The summed E-state index contributed by atoms with van der Waals surface area (Å²) >= 11 is 8.45. The predicted octanol–water partition coefficient (Wildman–Crippen LogP) is 2.81. The Morgan fingerprint density at radius 3 is 2.58 bits per heavy atom. The highest BCUT2D eigenvalue weighted by Gasteiger charge is 1.94. The Morgan fingerprint density at radius 1 is 1.00 bits per heavy atom. The second-order valence-corrected chi connectivity index (χ2v) is 3.60. The lowest BCUT2D eigenvalue weighted by Gasteiger charge is -1.98. The molecule has 1 nitrogen and oxygen atoms in total. The Bertz CT molecular complexity index is 389. The standard InChI is InChI=1S/C9H7NS2/c11-7-1-2-9-6(3-7)4-8(12)5-10-9/h1-5,11-12H. The maximum absolute atomic E-state index is 4.24. The molecule has 0 saturated heterocycles. The number of hydrogen-bond acceptors (Lipinski definition) is 3. The average molecular weight is 193 g/mol. The van der Waals surface area contributed by atoms with Crippen LogP contribution in [-0.2, 0) is 0 Å². The number of hydrogen-bond donors (Lipinski definition) is 2. The van der Waals surface area contributed by atoms with Gasteiger partial charge in [0.25, 0.3) is 0 Å². The maximum atomic E-state index is 4.24. The van der Waals surface area contributed by atoms with Crippen molar-refractivity contribution in [3.63, 3.8) is 0 Å². The third kappa shape index (κ3) is 1.42. The number of pyridine rings is 1. The molecule has 0 radical (unpaired) electrons. The van der Waals surface area contributed by atoms with Gasteiger partial charge >= 0.3 is 0 Å². The SMILES string of the molecule is Sc1ccc2ncc(S)cc2c1. The van der Waals surface area contributed by atoms with Gasteiger partial charge < -0.3 is 0 Å². The molecule has 0 amide bonds. The Balaban J connectivity index is 2.80. The number of nitrogens with zero attached hydrogens (tertiary/aromatic N) is 1. The first kappa shape index (κ1) is 7.95. The third-order valence-electron chi connectivity index (χ3n) is 1.65. The summed E-state index contributed by atoms with van der Waals surface area (Å²) in [5, 5.41) is 1.08. The molecular weight excluding hydrogens is 186 g/mol. The summed E-state index contributed by atoms with van der Waals surface area (Å²) in [4.78, 5) is 6.04. The second kappa shape index (κ2) is 2.99. The Kier molecular flexibility index (Phi) is 1.98. The van der Waals surface area contributed by atoms with E-state index in [1.165, 1.54) is 0 Å². The zero-order valence-corrected chi connectivity index (χ0v) is 8.02. The van der Waals surface area contributed by atoms with Crippen LogP contribution in [-0.4, -0.2) is 4.98 Å². The molecule has 0 aliphatic carbocycles. The third-order valence-corrected chi connectivity index (χ3v) is 2.17. The van der Waals surface area contributed by atoms with Gasteiger partial charge in [-0.3, -0.25) is 4.98 Å². The van der Waals surface area contributed by atoms with Gasteiger partial charge in [0.15, 0.2) is 0 Å². The van der Waals surface area contributed by atoms with E-state index in [1.54, 1.807) is 6.20 Å². The van der Waals surface area contributed by atoms with Crippen LogP contribution < -0.4 is 0 Å². The summed E-state index contributed by atoms with van der Waals surface area (Å²) in [5.74, 6) is 0. The summed E-state index contributed by atoms with van der Waals surface area (Å²) in [6.45, 7) is 0. The van der Waals surface area contributed by atoms with Crippen molar-refractivity contribution in [3.8, 4) is 0 Å². The van der Waals surface area contributed by atoms with E-state index in [1.807, 2.05) is 24.3 Å². The molecule has 0 atom stereocenters. The monoisotopic (exact) mass is 193 g/mol. The minimum Gasteiger partial charge on any atom is -0.255 e. The molecule has 0 aliphatic heterocycles. The van der Waals surface area contributed by atoms with E-state index in [4.69, 9.17) is 0 Å². The van der Waals surface area contributed by atoms with Crippen molar-refractivity contribution >= 4 is 36.2 Å². The lowest BCUT2D eigenvalue weighted by Crippen LogP contribution is -1.78. The minimum absolute atomic E-state index is 0.876. The minimum atomic E-state index is 0.876. The van der Waals surface area contributed by atoms with Gasteiger partial charge in [0.2, 0.25) is 0 Å². The number of thiol groups is 2. The molecule has 1 aromatic heterocycles. The van der Waals surface area contributed by atoms with Gasteiger partial charge in [-0.1, -0.05) is 0 Å². The fourth-order valence-corrected chi connectivity index (χ4v) is 1.52. The van der Waals surface area contributed by atoms with Crippen LogP contribution in [0.3, 0.4) is 0 Å². The molecule has 0 aliphatic rings. The van der Waals surface area contributed by atoms with Crippen LogP contribution in [0.5, 0.6) is 0 Å². The fourth-order valence-electron chi connectivity index (χ4n) is 1.11. The van der Waals surface area contributed by atoms with Gasteiger partial charge in [0.1, 0.15) is 0 Å². The second-order valence-electron chi connectivity index (χ2n) is 2.57. The topological polar surface area (TPSA) is 12.9 Å². The number of benzene rings is 1. The smallest absolute Gasteiger partial charge is 0.0703 e. The van der Waals surface area contributed by atoms with E-state index in [0.29, 0.717) is 0 Å². The highest BCUT2D eigenvalue weighted by Crippen LogP contribution is 2.18. The molecule has 60 valence electrons. The van der Waals surface area contributed by atoms with Crippen molar-refractivity contribution in [1.29, 1.82) is 0 Å². The average Bonchev–Trinajstić information content (AvgIpc) is 2.03. The summed E-state index contributed by atoms with van der Waals surface area (Å²) in [6.07, 6.45) is 1.74.